The summed E-state index contributed by atoms with van der Waals surface area (Å²) in [4.78, 5) is 7.84. The quantitative estimate of drug-likeness (QED) is 0.154. The standard InChI is InChI=1S/C69H72BN3/c1-44-35-47(46-23-17-14-18-24-46)29-31-58(44)72-59-32-30-48(65(3,4)5)37-56(59)70-57-40-53-54(67(8,9)34-33-66(53,6)7)42-61(57)73(60-41-55-52(36-45(60)2)68(10,11)43-69(55,12)13)63-39-51(38-62(72)64(63)70)71(49-25-19-15-20-26-49)50-27-21-16-22-28-50/h14-32,35-42H,33-34,43H2,1-13H3. The Bertz CT molecular complexity index is 3460. The van der Waals surface area contributed by atoms with E-state index >= 15 is 0 Å². The Morgan fingerprint density at radius 2 is 0.890 bits per heavy atom. The molecule has 0 fully saturated rings. The fourth-order valence-corrected chi connectivity index (χ4v) is 13.8. The van der Waals surface area contributed by atoms with Crippen LogP contribution in [-0.2, 0) is 27.1 Å². The summed E-state index contributed by atoms with van der Waals surface area (Å²) < 4.78 is 0. The zero-order chi connectivity index (χ0) is 51.1. The predicted octanol–water partition coefficient (Wildman–Crippen LogP) is 17.1. The van der Waals surface area contributed by atoms with E-state index < -0.39 is 0 Å². The Labute approximate surface area is 437 Å². The molecule has 0 saturated heterocycles. The van der Waals surface area contributed by atoms with Crippen molar-refractivity contribution in [2.24, 2.45) is 0 Å². The predicted molar refractivity (Wildman–Crippen MR) is 315 cm³/mol. The first-order valence-corrected chi connectivity index (χ1v) is 27.0. The Morgan fingerprint density at radius 1 is 0.411 bits per heavy atom. The highest BCUT2D eigenvalue weighted by atomic mass is 15.2. The first-order chi connectivity index (χ1) is 34.6. The van der Waals surface area contributed by atoms with Crippen LogP contribution in [0.15, 0.2) is 164 Å². The highest BCUT2D eigenvalue weighted by Gasteiger charge is 2.49. The average Bonchev–Trinajstić information content (AvgIpc) is 3.54. The van der Waals surface area contributed by atoms with Gasteiger partial charge in [-0.2, -0.15) is 0 Å². The van der Waals surface area contributed by atoms with Crippen LogP contribution in [0.4, 0.5) is 51.2 Å². The Balaban J connectivity index is 1.25. The van der Waals surface area contributed by atoms with E-state index in [0.29, 0.717) is 0 Å². The monoisotopic (exact) mass is 954 g/mol. The number of rotatable bonds is 6. The molecular weight excluding hydrogens is 882 g/mol. The third kappa shape index (κ3) is 7.52. The van der Waals surface area contributed by atoms with E-state index in [2.05, 4.69) is 269 Å². The van der Waals surface area contributed by atoms with Gasteiger partial charge in [0.1, 0.15) is 0 Å². The largest absolute Gasteiger partial charge is 0.311 e. The van der Waals surface area contributed by atoms with E-state index in [1.807, 2.05) is 0 Å². The second-order valence-corrected chi connectivity index (χ2v) is 25.8. The molecule has 2 aliphatic heterocycles. The topological polar surface area (TPSA) is 9.72 Å². The minimum Gasteiger partial charge on any atom is -0.311 e. The molecule has 2 heterocycles. The maximum Gasteiger partial charge on any atom is 0.252 e. The molecule has 0 bridgehead atoms. The second-order valence-electron chi connectivity index (χ2n) is 25.8. The third-order valence-electron chi connectivity index (χ3n) is 17.6. The second kappa shape index (κ2) is 16.4. The zero-order valence-corrected chi connectivity index (χ0v) is 45.6. The molecule has 2 aliphatic carbocycles. The summed E-state index contributed by atoms with van der Waals surface area (Å²) in [6, 6.07) is 62.9. The first-order valence-electron chi connectivity index (χ1n) is 27.0. The van der Waals surface area contributed by atoms with Gasteiger partial charge in [0.2, 0.25) is 0 Å². The van der Waals surface area contributed by atoms with Crippen molar-refractivity contribution in [1.29, 1.82) is 0 Å². The van der Waals surface area contributed by atoms with Gasteiger partial charge in [0.05, 0.1) is 5.69 Å². The maximum atomic E-state index is 2.74. The van der Waals surface area contributed by atoms with Crippen molar-refractivity contribution in [3.05, 3.63) is 203 Å². The Hall–Kier alpha value is -6.78. The van der Waals surface area contributed by atoms with E-state index in [1.165, 1.54) is 101 Å². The number of fused-ring (bicyclic) bond motifs is 6. The van der Waals surface area contributed by atoms with Crippen LogP contribution in [0.1, 0.15) is 134 Å². The van der Waals surface area contributed by atoms with E-state index in [0.717, 1.165) is 36.3 Å². The summed E-state index contributed by atoms with van der Waals surface area (Å²) in [6.07, 6.45) is 3.43. The van der Waals surface area contributed by atoms with Crippen LogP contribution < -0.4 is 31.1 Å². The molecule has 73 heavy (non-hydrogen) atoms. The van der Waals surface area contributed by atoms with Crippen LogP contribution >= 0.6 is 0 Å². The van der Waals surface area contributed by atoms with Crippen LogP contribution in [0.2, 0.25) is 0 Å². The summed E-state index contributed by atoms with van der Waals surface area (Å²) >= 11 is 0. The fourth-order valence-electron chi connectivity index (χ4n) is 13.8. The third-order valence-corrected chi connectivity index (χ3v) is 17.6. The lowest BCUT2D eigenvalue weighted by atomic mass is 9.33. The van der Waals surface area contributed by atoms with Gasteiger partial charge in [-0.05, 0) is 193 Å². The number of aryl methyl sites for hydroxylation is 2. The van der Waals surface area contributed by atoms with Crippen LogP contribution in [0.3, 0.4) is 0 Å². The molecule has 0 radical (unpaired) electrons. The van der Waals surface area contributed by atoms with Gasteiger partial charge >= 0.3 is 0 Å². The number of benzene rings is 8. The van der Waals surface area contributed by atoms with Crippen molar-refractivity contribution in [2.75, 3.05) is 14.7 Å². The molecular formula is C69H72BN3. The molecule has 0 amide bonds. The fraction of sp³-hybridized carbons (Fsp3) is 0.304. The minimum absolute atomic E-state index is 0.0133. The number of hydrogen-bond acceptors (Lipinski definition) is 3. The number of para-hydroxylation sites is 2. The summed E-state index contributed by atoms with van der Waals surface area (Å²) in [5.41, 5.74) is 27.3. The molecule has 3 nitrogen and oxygen atoms in total. The van der Waals surface area contributed by atoms with Gasteiger partial charge in [-0.15, -0.1) is 0 Å². The van der Waals surface area contributed by atoms with Gasteiger partial charge < -0.3 is 14.7 Å². The van der Waals surface area contributed by atoms with Crippen LogP contribution in [0, 0.1) is 13.8 Å². The van der Waals surface area contributed by atoms with Crippen LogP contribution in [0.25, 0.3) is 11.1 Å². The molecule has 12 rings (SSSR count). The molecule has 4 aliphatic rings. The molecule has 0 N–H and O–H groups in total. The first kappa shape index (κ1) is 47.2. The van der Waals surface area contributed by atoms with Gasteiger partial charge in [-0.3, -0.25) is 0 Å². The zero-order valence-electron chi connectivity index (χ0n) is 45.6. The molecule has 0 spiro atoms. The SMILES string of the molecule is Cc1cc(-c2ccccc2)ccc1N1c2ccc(C(C)(C)C)cc2B2c3cc4c(cc3N(c3cc5c(cc3C)C(C)(C)CC5(C)C)c3cc(N(c5ccccc5)c5ccccc5)cc1c32)C(C)(C)CCC4(C)C. The lowest BCUT2D eigenvalue weighted by Crippen LogP contribution is -2.62. The average molecular weight is 954 g/mol. The summed E-state index contributed by atoms with van der Waals surface area (Å²) in [5, 5.41) is 0. The minimum atomic E-state index is -0.0561. The van der Waals surface area contributed by atoms with Gasteiger partial charge in [0.25, 0.3) is 6.71 Å². The summed E-state index contributed by atoms with van der Waals surface area (Å²) in [5.74, 6) is 0. The van der Waals surface area contributed by atoms with Crippen molar-refractivity contribution < 1.29 is 0 Å². The smallest absolute Gasteiger partial charge is 0.252 e. The molecule has 0 atom stereocenters. The van der Waals surface area contributed by atoms with Gasteiger partial charge in [-0.25, -0.2) is 0 Å². The molecule has 4 heteroatoms. The molecule has 0 saturated carbocycles. The maximum absolute atomic E-state index is 2.74. The molecule has 366 valence electrons. The van der Waals surface area contributed by atoms with Crippen molar-refractivity contribution in [1.82, 2.24) is 0 Å². The lowest BCUT2D eigenvalue weighted by Gasteiger charge is -2.48. The highest BCUT2D eigenvalue weighted by molar-refractivity contribution is 7.00. The van der Waals surface area contributed by atoms with Gasteiger partial charge in [-0.1, -0.05) is 173 Å². The highest BCUT2D eigenvalue weighted by Crippen LogP contribution is 2.56. The Kier molecular flexibility index (Phi) is 10.6. The van der Waals surface area contributed by atoms with E-state index in [9.17, 15) is 0 Å². The summed E-state index contributed by atoms with van der Waals surface area (Å²) in [7, 11) is 0. The van der Waals surface area contributed by atoms with Crippen molar-refractivity contribution in [2.45, 2.75) is 136 Å². The van der Waals surface area contributed by atoms with Crippen LogP contribution in [0.5, 0.6) is 0 Å². The molecule has 0 unspecified atom stereocenters. The van der Waals surface area contributed by atoms with Crippen molar-refractivity contribution in [3.8, 4) is 11.1 Å². The van der Waals surface area contributed by atoms with E-state index in [1.54, 1.807) is 0 Å². The number of hydrogen-bond donors (Lipinski definition) is 0. The Morgan fingerprint density at radius 3 is 1.47 bits per heavy atom. The molecule has 0 aromatic heterocycles. The molecule has 8 aromatic rings. The van der Waals surface area contributed by atoms with Crippen molar-refractivity contribution >= 4 is 74.3 Å². The number of anilines is 9. The summed E-state index contributed by atoms with van der Waals surface area (Å²) in [6.45, 7) is 31.5. The lowest BCUT2D eigenvalue weighted by molar-refractivity contribution is 0.332. The number of nitrogens with zero attached hydrogens (tertiary/aromatic N) is 3. The normalized spacial score (nSPS) is 17.3. The van der Waals surface area contributed by atoms with E-state index in [-0.39, 0.29) is 33.8 Å². The van der Waals surface area contributed by atoms with Crippen molar-refractivity contribution in [3.63, 3.8) is 0 Å². The van der Waals surface area contributed by atoms with Gasteiger partial charge in [0, 0.05) is 45.5 Å². The van der Waals surface area contributed by atoms with E-state index in [4.69, 9.17) is 0 Å². The van der Waals surface area contributed by atoms with Crippen LogP contribution in [-0.4, -0.2) is 6.71 Å². The van der Waals surface area contributed by atoms with Gasteiger partial charge in [0.15, 0.2) is 0 Å². The molecule has 8 aromatic carbocycles.